The lowest BCUT2D eigenvalue weighted by Gasteiger charge is -2.23. The largest absolute Gasteiger partial charge is 0.328 e. The topological polar surface area (TPSA) is 79.0 Å². The molecule has 7 heteroatoms. The molecular weight excluding hydrogens is 324 g/mol. The van der Waals surface area contributed by atoms with Gasteiger partial charge in [-0.05, 0) is 31.9 Å². The number of aromatic nitrogens is 3. The summed E-state index contributed by atoms with van der Waals surface area (Å²) in [6.07, 6.45) is 1.69. The number of H-pyrrole nitrogens is 1. The summed E-state index contributed by atoms with van der Waals surface area (Å²) < 4.78 is 0. The lowest BCUT2D eigenvalue weighted by molar-refractivity contribution is 0.0734. The second-order valence-corrected chi connectivity index (χ2v) is 6.75. The van der Waals surface area contributed by atoms with Gasteiger partial charge in [-0.1, -0.05) is 12.1 Å². The molecule has 122 valence electrons. The molecule has 0 aliphatic carbocycles. The van der Waals surface area contributed by atoms with Gasteiger partial charge in [-0.2, -0.15) is 0 Å². The van der Waals surface area contributed by atoms with Crippen LogP contribution in [-0.4, -0.2) is 32.3 Å². The summed E-state index contributed by atoms with van der Waals surface area (Å²) in [6.45, 7) is 2.50. The molecule has 1 fully saturated rings. The van der Waals surface area contributed by atoms with Crippen LogP contribution in [0.25, 0.3) is 10.9 Å². The van der Waals surface area contributed by atoms with Crippen molar-refractivity contribution in [2.75, 3.05) is 6.54 Å². The van der Waals surface area contributed by atoms with E-state index in [0.29, 0.717) is 28.1 Å². The van der Waals surface area contributed by atoms with Crippen molar-refractivity contribution < 1.29 is 4.79 Å². The minimum Gasteiger partial charge on any atom is -0.328 e. The van der Waals surface area contributed by atoms with Crippen LogP contribution in [0.2, 0.25) is 0 Å². The van der Waals surface area contributed by atoms with E-state index in [0.717, 1.165) is 18.5 Å². The number of carbonyl (C=O) groups excluding carboxylic acids is 1. The average molecular weight is 340 g/mol. The molecule has 1 N–H and O–H groups in total. The van der Waals surface area contributed by atoms with Crippen molar-refractivity contribution in [3.05, 3.63) is 56.5 Å². The summed E-state index contributed by atoms with van der Waals surface area (Å²) >= 11 is 1.35. The molecule has 0 saturated carbocycles. The van der Waals surface area contributed by atoms with E-state index in [9.17, 15) is 9.59 Å². The molecule has 1 aromatic carbocycles. The Hall–Kier alpha value is -2.54. The molecule has 3 aromatic rings. The molecular formula is C17H16N4O2S. The smallest absolute Gasteiger partial charge is 0.266 e. The third kappa shape index (κ3) is 2.41. The number of aromatic amines is 1. The Morgan fingerprint density at radius 2 is 2.21 bits per heavy atom. The average Bonchev–Trinajstić information content (AvgIpc) is 3.23. The standard InChI is InChI=1S/C17H16N4O2S/c1-10-14(24-9-18-10)17(23)21-8-4-7-13(21)15-19-12-6-3-2-5-11(12)16(22)20-15/h2-3,5-6,9,13H,4,7-8H2,1H3,(H,19,20,22). The van der Waals surface area contributed by atoms with Crippen LogP contribution in [-0.2, 0) is 0 Å². The summed E-state index contributed by atoms with van der Waals surface area (Å²) in [5, 5.41) is 0.565. The van der Waals surface area contributed by atoms with Crippen LogP contribution in [0.5, 0.6) is 0 Å². The Labute approximate surface area is 142 Å². The van der Waals surface area contributed by atoms with Gasteiger partial charge in [0.25, 0.3) is 11.5 Å². The van der Waals surface area contributed by atoms with Crippen molar-refractivity contribution >= 4 is 28.1 Å². The van der Waals surface area contributed by atoms with Crippen molar-refractivity contribution in [1.29, 1.82) is 0 Å². The maximum Gasteiger partial charge on any atom is 0.266 e. The first-order valence-electron chi connectivity index (χ1n) is 7.85. The third-order valence-electron chi connectivity index (χ3n) is 4.40. The zero-order valence-electron chi connectivity index (χ0n) is 13.2. The maximum atomic E-state index is 12.8. The number of rotatable bonds is 2. The van der Waals surface area contributed by atoms with Crippen LogP contribution >= 0.6 is 11.3 Å². The normalized spacial score (nSPS) is 17.5. The number of aryl methyl sites for hydroxylation is 1. The molecule has 0 bridgehead atoms. The molecule has 0 spiro atoms. The number of fused-ring (bicyclic) bond motifs is 1. The van der Waals surface area contributed by atoms with Crippen LogP contribution in [0.3, 0.4) is 0 Å². The van der Waals surface area contributed by atoms with Gasteiger partial charge in [-0.15, -0.1) is 11.3 Å². The van der Waals surface area contributed by atoms with Gasteiger partial charge in [0.2, 0.25) is 0 Å². The van der Waals surface area contributed by atoms with Gasteiger partial charge in [0, 0.05) is 6.54 Å². The number of hydrogen-bond donors (Lipinski definition) is 1. The van der Waals surface area contributed by atoms with Crippen LogP contribution in [0.4, 0.5) is 0 Å². The van der Waals surface area contributed by atoms with Crippen molar-refractivity contribution in [3.63, 3.8) is 0 Å². The molecule has 4 rings (SSSR count). The van der Waals surface area contributed by atoms with E-state index in [4.69, 9.17) is 0 Å². The van der Waals surface area contributed by atoms with E-state index in [2.05, 4.69) is 15.0 Å². The number of amides is 1. The number of hydrogen-bond acceptors (Lipinski definition) is 5. The Morgan fingerprint density at radius 1 is 1.38 bits per heavy atom. The predicted molar refractivity (Wildman–Crippen MR) is 92.2 cm³/mol. The molecule has 3 heterocycles. The summed E-state index contributed by atoms with van der Waals surface area (Å²) in [5.41, 5.74) is 2.92. The number of likely N-dealkylation sites (tertiary alicyclic amines) is 1. The van der Waals surface area contributed by atoms with Gasteiger partial charge in [0.05, 0.1) is 28.1 Å². The summed E-state index contributed by atoms with van der Waals surface area (Å²) in [5.74, 6) is 0.528. The van der Waals surface area contributed by atoms with Crippen molar-refractivity contribution in [3.8, 4) is 0 Å². The lowest BCUT2D eigenvalue weighted by Crippen LogP contribution is -2.32. The first-order valence-corrected chi connectivity index (χ1v) is 8.73. The van der Waals surface area contributed by atoms with E-state index >= 15 is 0 Å². The SMILES string of the molecule is Cc1ncsc1C(=O)N1CCCC1c1nc2ccccc2c(=O)[nH]1. The Kier molecular flexibility index (Phi) is 3.65. The third-order valence-corrected chi connectivity index (χ3v) is 5.32. The predicted octanol–water partition coefficient (Wildman–Crippen LogP) is 2.67. The van der Waals surface area contributed by atoms with E-state index in [-0.39, 0.29) is 17.5 Å². The van der Waals surface area contributed by atoms with Crippen molar-refractivity contribution in [2.24, 2.45) is 0 Å². The maximum absolute atomic E-state index is 12.8. The second-order valence-electron chi connectivity index (χ2n) is 5.89. The van der Waals surface area contributed by atoms with Crippen LogP contribution in [0.15, 0.2) is 34.6 Å². The number of nitrogens with zero attached hydrogens (tertiary/aromatic N) is 3. The minimum absolute atomic E-state index is 0.0340. The Morgan fingerprint density at radius 3 is 3.00 bits per heavy atom. The minimum atomic E-state index is -0.198. The summed E-state index contributed by atoms with van der Waals surface area (Å²) in [4.78, 5) is 39.2. The fraction of sp³-hybridized carbons (Fsp3) is 0.294. The highest BCUT2D eigenvalue weighted by Crippen LogP contribution is 2.32. The highest BCUT2D eigenvalue weighted by molar-refractivity contribution is 7.11. The van der Waals surface area contributed by atoms with Gasteiger partial charge in [0.15, 0.2) is 0 Å². The number of nitrogens with one attached hydrogen (secondary N) is 1. The molecule has 1 saturated heterocycles. The summed E-state index contributed by atoms with van der Waals surface area (Å²) in [7, 11) is 0. The zero-order valence-corrected chi connectivity index (χ0v) is 14.0. The van der Waals surface area contributed by atoms with E-state index in [1.54, 1.807) is 16.5 Å². The van der Waals surface area contributed by atoms with E-state index in [1.165, 1.54) is 11.3 Å². The van der Waals surface area contributed by atoms with Crippen molar-refractivity contribution in [1.82, 2.24) is 19.9 Å². The first kappa shape index (κ1) is 15.0. The van der Waals surface area contributed by atoms with Crippen LogP contribution in [0.1, 0.15) is 40.1 Å². The van der Waals surface area contributed by atoms with Crippen molar-refractivity contribution in [2.45, 2.75) is 25.8 Å². The molecule has 24 heavy (non-hydrogen) atoms. The molecule has 2 aromatic heterocycles. The molecule has 1 aliphatic heterocycles. The molecule has 6 nitrogen and oxygen atoms in total. The van der Waals surface area contributed by atoms with Gasteiger partial charge >= 0.3 is 0 Å². The highest BCUT2D eigenvalue weighted by Gasteiger charge is 2.33. The van der Waals surface area contributed by atoms with E-state index < -0.39 is 0 Å². The molecule has 1 amide bonds. The van der Waals surface area contributed by atoms with Crippen LogP contribution < -0.4 is 5.56 Å². The second kappa shape index (κ2) is 5.83. The molecule has 0 radical (unpaired) electrons. The van der Waals surface area contributed by atoms with Crippen LogP contribution in [0, 0.1) is 6.92 Å². The van der Waals surface area contributed by atoms with E-state index in [1.807, 2.05) is 25.1 Å². The monoisotopic (exact) mass is 340 g/mol. The lowest BCUT2D eigenvalue weighted by atomic mass is 10.2. The first-order chi connectivity index (χ1) is 11.6. The van der Waals surface area contributed by atoms with Gasteiger partial charge in [-0.3, -0.25) is 9.59 Å². The number of para-hydroxylation sites is 1. The van der Waals surface area contributed by atoms with Gasteiger partial charge < -0.3 is 9.88 Å². The van der Waals surface area contributed by atoms with Gasteiger partial charge in [0.1, 0.15) is 10.7 Å². The zero-order chi connectivity index (χ0) is 16.7. The Balaban J connectivity index is 1.74. The number of thiazole rings is 1. The fourth-order valence-electron chi connectivity index (χ4n) is 3.19. The fourth-order valence-corrected chi connectivity index (χ4v) is 3.95. The molecule has 1 unspecified atom stereocenters. The number of benzene rings is 1. The van der Waals surface area contributed by atoms with Gasteiger partial charge in [-0.25, -0.2) is 9.97 Å². The summed E-state index contributed by atoms with van der Waals surface area (Å²) in [6, 6.07) is 7.05. The quantitative estimate of drug-likeness (QED) is 0.778. The highest BCUT2D eigenvalue weighted by atomic mass is 32.1. The molecule has 1 atom stereocenters. The number of carbonyl (C=O) groups is 1. The Bertz CT molecular complexity index is 978. The molecule has 1 aliphatic rings.